The van der Waals surface area contributed by atoms with Gasteiger partial charge in [0.2, 0.25) is 5.91 Å². The Morgan fingerprint density at radius 2 is 1.40 bits per heavy atom. The van der Waals surface area contributed by atoms with Crippen molar-refractivity contribution in [3.8, 4) is 0 Å². The Morgan fingerprint density at radius 3 is 1.83 bits per heavy atom. The van der Waals surface area contributed by atoms with Crippen molar-refractivity contribution in [2.45, 2.75) is 86.3 Å². The van der Waals surface area contributed by atoms with Crippen LogP contribution in [0.2, 0.25) is 0 Å². The molecule has 0 fully saturated rings. The molecule has 0 bridgehead atoms. The van der Waals surface area contributed by atoms with Crippen molar-refractivity contribution in [3.63, 3.8) is 0 Å². The van der Waals surface area contributed by atoms with Gasteiger partial charge in [0.25, 0.3) is 0 Å². The van der Waals surface area contributed by atoms with Crippen LogP contribution in [0.25, 0.3) is 0 Å². The second kappa shape index (κ2) is 13.9. The summed E-state index contributed by atoms with van der Waals surface area (Å²) in [6, 6.07) is 0. The summed E-state index contributed by atoms with van der Waals surface area (Å²) in [5, 5.41) is 12.4. The minimum absolute atomic E-state index is 0. The largest absolute Gasteiger partial charge is 0.444 e. The maximum absolute atomic E-state index is 12.3. The minimum atomic E-state index is -0.611. The number of guanidine groups is 1. The van der Waals surface area contributed by atoms with E-state index in [0.717, 1.165) is 12.8 Å². The van der Waals surface area contributed by atoms with E-state index < -0.39 is 22.6 Å². The first-order valence-electron chi connectivity index (χ1n) is 10.7. The number of ether oxygens (including phenoxy) is 1. The lowest BCUT2D eigenvalue weighted by molar-refractivity contribution is -0.128. The van der Waals surface area contributed by atoms with Crippen LogP contribution in [0, 0.1) is 5.41 Å². The Labute approximate surface area is 200 Å². The number of nitrogens with zero attached hydrogens (tertiary/aromatic N) is 1. The van der Waals surface area contributed by atoms with E-state index in [1.54, 1.807) is 0 Å². The number of hydrogen-bond donors (Lipinski definition) is 4. The molecule has 0 heterocycles. The summed E-state index contributed by atoms with van der Waals surface area (Å²) >= 11 is 0. The van der Waals surface area contributed by atoms with Gasteiger partial charge < -0.3 is 26.0 Å². The molecule has 8 nitrogen and oxygen atoms in total. The van der Waals surface area contributed by atoms with Crippen molar-refractivity contribution < 1.29 is 14.3 Å². The summed E-state index contributed by atoms with van der Waals surface area (Å²) in [7, 11) is 0. The lowest BCUT2D eigenvalue weighted by Gasteiger charge is -2.34. The Morgan fingerprint density at radius 1 is 0.867 bits per heavy atom. The Hall–Kier alpha value is -1.26. The highest BCUT2D eigenvalue weighted by Gasteiger charge is 2.31. The quantitative estimate of drug-likeness (QED) is 0.193. The van der Waals surface area contributed by atoms with E-state index in [-0.39, 0.29) is 29.9 Å². The lowest BCUT2D eigenvalue weighted by Crippen LogP contribution is -2.57. The first-order chi connectivity index (χ1) is 13.3. The van der Waals surface area contributed by atoms with Gasteiger partial charge >= 0.3 is 6.09 Å². The SMILES string of the molecule is CCNC(=O)C(C)(C)CN=C(NCC)NCC(CC)(CC)NC(=O)OC(C)(C)C.I. The van der Waals surface area contributed by atoms with Crippen LogP contribution in [0.3, 0.4) is 0 Å². The third-order valence-electron chi connectivity index (χ3n) is 4.64. The zero-order valence-corrected chi connectivity index (χ0v) is 22.7. The fourth-order valence-corrected chi connectivity index (χ4v) is 2.58. The van der Waals surface area contributed by atoms with E-state index >= 15 is 0 Å². The van der Waals surface area contributed by atoms with E-state index in [1.165, 1.54) is 0 Å². The molecule has 2 amide bonds. The molecule has 0 aromatic rings. The van der Waals surface area contributed by atoms with Gasteiger partial charge in [0.05, 0.1) is 17.5 Å². The molecule has 0 rings (SSSR count). The molecule has 0 unspecified atom stereocenters. The third-order valence-corrected chi connectivity index (χ3v) is 4.64. The predicted octanol–water partition coefficient (Wildman–Crippen LogP) is 3.41. The van der Waals surface area contributed by atoms with Crippen LogP contribution in [-0.4, -0.2) is 55.3 Å². The number of rotatable bonds is 10. The Bertz CT molecular complexity index is 555. The van der Waals surface area contributed by atoms with E-state index in [2.05, 4.69) is 26.3 Å². The van der Waals surface area contributed by atoms with Gasteiger partial charge in [-0.15, -0.1) is 24.0 Å². The molecule has 4 N–H and O–H groups in total. The number of hydrogen-bond acceptors (Lipinski definition) is 4. The molecule has 0 aliphatic rings. The molecule has 0 atom stereocenters. The molecule has 0 saturated carbocycles. The smallest absolute Gasteiger partial charge is 0.408 e. The van der Waals surface area contributed by atoms with E-state index in [9.17, 15) is 9.59 Å². The van der Waals surface area contributed by atoms with Gasteiger partial charge in [-0.25, -0.2) is 4.79 Å². The number of nitrogens with one attached hydrogen (secondary N) is 4. The number of alkyl carbamates (subject to hydrolysis) is 1. The lowest BCUT2D eigenvalue weighted by atomic mass is 9.92. The van der Waals surface area contributed by atoms with Crippen molar-refractivity contribution in [2.24, 2.45) is 10.4 Å². The zero-order valence-electron chi connectivity index (χ0n) is 20.3. The number of carbonyl (C=O) groups is 2. The molecule has 0 saturated heterocycles. The molecule has 0 aromatic heterocycles. The molecule has 30 heavy (non-hydrogen) atoms. The first kappa shape index (κ1) is 30.9. The highest BCUT2D eigenvalue weighted by atomic mass is 127. The summed E-state index contributed by atoms with van der Waals surface area (Å²) in [4.78, 5) is 29.1. The standard InChI is InChI=1S/C21H43N5O3.HI/c1-10-21(11-2,26-18(28)29-19(5,6)7)15-25-17(23-13-4)24-14-20(8,9)16(27)22-12-3;/h10-15H2,1-9H3,(H,22,27)(H,26,28)(H2,23,24,25);1H. The molecule has 0 aromatic carbocycles. The van der Waals surface area contributed by atoms with Crippen LogP contribution >= 0.6 is 24.0 Å². The van der Waals surface area contributed by atoms with Crippen molar-refractivity contribution in [3.05, 3.63) is 0 Å². The maximum Gasteiger partial charge on any atom is 0.408 e. The van der Waals surface area contributed by atoms with Gasteiger partial charge in [-0.05, 0) is 61.3 Å². The fraction of sp³-hybridized carbons (Fsp3) is 0.857. The Balaban J connectivity index is 0. The van der Waals surface area contributed by atoms with Crippen LogP contribution in [0.15, 0.2) is 4.99 Å². The second-order valence-corrected chi connectivity index (χ2v) is 8.91. The van der Waals surface area contributed by atoms with Gasteiger partial charge in [0, 0.05) is 19.6 Å². The Kier molecular flexibility index (Phi) is 14.4. The molecule has 9 heteroatoms. The third kappa shape index (κ3) is 11.8. The van der Waals surface area contributed by atoms with E-state index in [0.29, 0.717) is 32.1 Å². The van der Waals surface area contributed by atoms with Gasteiger partial charge in [0.1, 0.15) is 5.60 Å². The van der Waals surface area contributed by atoms with Crippen molar-refractivity contribution in [2.75, 3.05) is 26.2 Å². The number of aliphatic imine (C=N–C) groups is 1. The molecule has 0 radical (unpaired) electrons. The summed E-state index contributed by atoms with van der Waals surface area (Å²) in [6.45, 7) is 19.3. The maximum atomic E-state index is 12.3. The highest BCUT2D eigenvalue weighted by Crippen LogP contribution is 2.17. The average molecular weight is 542 g/mol. The second-order valence-electron chi connectivity index (χ2n) is 8.91. The van der Waals surface area contributed by atoms with Crippen molar-refractivity contribution >= 4 is 41.9 Å². The van der Waals surface area contributed by atoms with Gasteiger partial charge in [-0.3, -0.25) is 9.79 Å². The molecule has 0 aliphatic heterocycles. The molecule has 178 valence electrons. The monoisotopic (exact) mass is 541 g/mol. The first-order valence-corrected chi connectivity index (χ1v) is 10.7. The van der Waals surface area contributed by atoms with Crippen molar-refractivity contribution in [1.82, 2.24) is 21.3 Å². The van der Waals surface area contributed by atoms with Crippen LogP contribution < -0.4 is 21.3 Å². The zero-order chi connectivity index (χ0) is 22.7. The van der Waals surface area contributed by atoms with Gasteiger partial charge in [0.15, 0.2) is 5.96 Å². The molecule has 0 spiro atoms. The normalized spacial score (nSPS) is 12.5. The minimum Gasteiger partial charge on any atom is -0.444 e. The number of amides is 2. The van der Waals surface area contributed by atoms with Crippen LogP contribution in [-0.2, 0) is 9.53 Å². The summed E-state index contributed by atoms with van der Waals surface area (Å²) in [5.74, 6) is 0.588. The highest BCUT2D eigenvalue weighted by molar-refractivity contribution is 14.0. The van der Waals surface area contributed by atoms with E-state index in [4.69, 9.17) is 4.74 Å². The molecular formula is C21H44IN5O3. The average Bonchev–Trinajstić information content (AvgIpc) is 2.61. The fourth-order valence-electron chi connectivity index (χ4n) is 2.58. The molecular weight excluding hydrogens is 497 g/mol. The van der Waals surface area contributed by atoms with Gasteiger partial charge in [-0.1, -0.05) is 13.8 Å². The van der Waals surface area contributed by atoms with Crippen LogP contribution in [0.5, 0.6) is 0 Å². The summed E-state index contributed by atoms with van der Waals surface area (Å²) in [6.07, 6.45) is 1.04. The predicted molar refractivity (Wildman–Crippen MR) is 135 cm³/mol. The topological polar surface area (TPSA) is 104 Å². The molecule has 0 aliphatic carbocycles. The van der Waals surface area contributed by atoms with Crippen LogP contribution in [0.4, 0.5) is 4.79 Å². The summed E-state index contributed by atoms with van der Waals surface area (Å²) in [5.41, 5.74) is -1.63. The van der Waals surface area contributed by atoms with Crippen molar-refractivity contribution in [1.29, 1.82) is 0 Å². The van der Waals surface area contributed by atoms with Gasteiger partial charge in [-0.2, -0.15) is 0 Å². The number of carbonyl (C=O) groups excluding carboxylic acids is 2. The summed E-state index contributed by atoms with van der Waals surface area (Å²) < 4.78 is 5.42. The van der Waals surface area contributed by atoms with Crippen LogP contribution in [0.1, 0.15) is 75.2 Å². The van der Waals surface area contributed by atoms with E-state index in [1.807, 2.05) is 62.3 Å². The number of halogens is 1.